The summed E-state index contributed by atoms with van der Waals surface area (Å²) in [7, 11) is 0. The van der Waals surface area contributed by atoms with E-state index in [1.807, 2.05) is 18.7 Å². The average Bonchev–Trinajstić information content (AvgIpc) is 3.01. The van der Waals surface area contributed by atoms with Gasteiger partial charge in [0, 0.05) is 51.9 Å². The highest BCUT2D eigenvalue weighted by molar-refractivity contribution is 5.78. The molecule has 3 atom stereocenters. The molecule has 1 N–H and O–H groups in total. The van der Waals surface area contributed by atoms with Crippen LogP contribution in [-0.2, 0) is 9.53 Å². The summed E-state index contributed by atoms with van der Waals surface area (Å²) < 4.78 is 5.71. The molecule has 6 nitrogen and oxygen atoms in total. The van der Waals surface area contributed by atoms with Gasteiger partial charge in [0.05, 0.1) is 18.8 Å². The van der Waals surface area contributed by atoms with Crippen LogP contribution in [-0.4, -0.2) is 97.8 Å². The van der Waals surface area contributed by atoms with Crippen molar-refractivity contribution in [3.05, 3.63) is 0 Å². The highest BCUT2D eigenvalue weighted by Crippen LogP contribution is 2.14. The molecule has 0 aliphatic carbocycles. The van der Waals surface area contributed by atoms with Crippen LogP contribution < -0.4 is 5.32 Å². The molecule has 0 spiro atoms. The van der Waals surface area contributed by atoms with Gasteiger partial charge in [-0.15, -0.1) is 0 Å². The highest BCUT2D eigenvalue weighted by Gasteiger charge is 2.29. The van der Waals surface area contributed by atoms with Crippen molar-refractivity contribution in [1.29, 1.82) is 0 Å². The molecule has 0 bridgehead atoms. The van der Waals surface area contributed by atoms with Crippen molar-refractivity contribution < 1.29 is 9.53 Å². The van der Waals surface area contributed by atoms with Gasteiger partial charge in [0.15, 0.2) is 0 Å². The zero-order valence-corrected chi connectivity index (χ0v) is 14.0. The Balaban J connectivity index is 1.43. The summed E-state index contributed by atoms with van der Waals surface area (Å²) in [6.07, 6.45) is 1.57. The summed E-state index contributed by atoms with van der Waals surface area (Å²) in [6, 6.07) is 0.707. The van der Waals surface area contributed by atoms with Crippen LogP contribution in [0.3, 0.4) is 0 Å². The van der Waals surface area contributed by atoms with E-state index in [1.165, 1.54) is 6.42 Å². The van der Waals surface area contributed by atoms with Gasteiger partial charge in [-0.1, -0.05) is 0 Å². The molecule has 22 heavy (non-hydrogen) atoms. The molecule has 0 aromatic heterocycles. The topological polar surface area (TPSA) is 48.1 Å². The predicted molar refractivity (Wildman–Crippen MR) is 85.9 cm³/mol. The van der Waals surface area contributed by atoms with Gasteiger partial charge in [-0.2, -0.15) is 0 Å². The SMILES string of the molecule is CC1CN(C(=O)CN2CCN(C3CCNC3)CC2)CC(C)O1. The van der Waals surface area contributed by atoms with Gasteiger partial charge in [0.1, 0.15) is 0 Å². The first-order chi connectivity index (χ1) is 10.6. The van der Waals surface area contributed by atoms with Crippen LogP contribution in [0, 0.1) is 0 Å². The largest absolute Gasteiger partial charge is 0.372 e. The molecule has 3 unspecified atom stereocenters. The number of carbonyl (C=O) groups excluding carboxylic acids is 1. The number of carbonyl (C=O) groups is 1. The molecule has 3 aliphatic rings. The Morgan fingerprint density at radius 3 is 2.41 bits per heavy atom. The van der Waals surface area contributed by atoms with Crippen LogP contribution in [0.15, 0.2) is 0 Å². The first-order valence-electron chi connectivity index (χ1n) is 8.72. The zero-order chi connectivity index (χ0) is 15.5. The molecule has 3 saturated heterocycles. The lowest BCUT2D eigenvalue weighted by atomic mass is 10.2. The van der Waals surface area contributed by atoms with Gasteiger partial charge in [-0.25, -0.2) is 0 Å². The normalized spacial score (nSPS) is 35.0. The van der Waals surface area contributed by atoms with E-state index in [2.05, 4.69) is 15.1 Å². The summed E-state index contributed by atoms with van der Waals surface area (Å²) >= 11 is 0. The van der Waals surface area contributed by atoms with E-state index in [0.29, 0.717) is 12.6 Å². The second-order valence-electron chi connectivity index (χ2n) is 7.01. The lowest BCUT2D eigenvalue weighted by molar-refractivity contribution is -0.144. The predicted octanol–water partition coefficient (Wildman–Crippen LogP) is -0.398. The number of hydrogen-bond acceptors (Lipinski definition) is 5. The third-order valence-corrected chi connectivity index (χ3v) is 5.09. The summed E-state index contributed by atoms with van der Waals surface area (Å²) in [5.41, 5.74) is 0. The monoisotopic (exact) mass is 310 g/mol. The molecular formula is C16H30N4O2. The molecule has 0 saturated carbocycles. The summed E-state index contributed by atoms with van der Waals surface area (Å²) in [5, 5.41) is 3.44. The van der Waals surface area contributed by atoms with Crippen molar-refractivity contribution in [3.8, 4) is 0 Å². The van der Waals surface area contributed by atoms with Crippen molar-refractivity contribution in [2.45, 2.75) is 38.5 Å². The number of nitrogens with one attached hydrogen (secondary N) is 1. The minimum absolute atomic E-state index is 0.152. The lowest BCUT2D eigenvalue weighted by Gasteiger charge is -2.39. The molecule has 126 valence electrons. The molecule has 3 fully saturated rings. The summed E-state index contributed by atoms with van der Waals surface area (Å²) in [6.45, 7) is 12.6. The minimum atomic E-state index is 0.152. The Hall–Kier alpha value is -0.690. The second-order valence-corrected chi connectivity index (χ2v) is 7.01. The molecule has 0 aromatic carbocycles. The van der Waals surface area contributed by atoms with Crippen LogP contribution in [0.2, 0.25) is 0 Å². The van der Waals surface area contributed by atoms with Crippen LogP contribution in [0.25, 0.3) is 0 Å². The fraction of sp³-hybridized carbons (Fsp3) is 0.938. The molecular weight excluding hydrogens is 280 g/mol. The van der Waals surface area contributed by atoms with E-state index >= 15 is 0 Å². The summed E-state index contributed by atoms with van der Waals surface area (Å²) in [5.74, 6) is 0.262. The maximum absolute atomic E-state index is 12.5. The number of amides is 1. The number of rotatable bonds is 3. The number of piperazine rings is 1. The number of ether oxygens (including phenoxy) is 1. The molecule has 3 rings (SSSR count). The van der Waals surface area contributed by atoms with Crippen LogP contribution in [0.5, 0.6) is 0 Å². The zero-order valence-electron chi connectivity index (χ0n) is 14.0. The van der Waals surface area contributed by atoms with E-state index in [-0.39, 0.29) is 18.1 Å². The van der Waals surface area contributed by atoms with Gasteiger partial charge in [-0.3, -0.25) is 14.6 Å². The number of hydrogen-bond donors (Lipinski definition) is 1. The Morgan fingerprint density at radius 1 is 1.14 bits per heavy atom. The third-order valence-electron chi connectivity index (χ3n) is 5.09. The molecule has 0 radical (unpaired) electrons. The van der Waals surface area contributed by atoms with E-state index in [4.69, 9.17) is 4.74 Å². The minimum Gasteiger partial charge on any atom is -0.372 e. The molecule has 3 heterocycles. The van der Waals surface area contributed by atoms with Gasteiger partial charge >= 0.3 is 0 Å². The van der Waals surface area contributed by atoms with Crippen molar-refractivity contribution in [2.75, 3.05) is 58.9 Å². The maximum Gasteiger partial charge on any atom is 0.236 e. The van der Waals surface area contributed by atoms with Crippen molar-refractivity contribution in [3.63, 3.8) is 0 Å². The fourth-order valence-corrected chi connectivity index (χ4v) is 3.91. The van der Waals surface area contributed by atoms with Crippen LogP contribution in [0.4, 0.5) is 0 Å². The van der Waals surface area contributed by atoms with E-state index in [1.54, 1.807) is 0 Å². The van der Waals surface area contributed by atoms with Crippen molar-refractivity contribution in [2.24, 2.45) is 0 Å². The number of nitrogens with zero attached hydrogens (tertiary/aromatic N) is 3. The Bertz CT molecular complexity index is 368. The molecule has 6 heteroatoms. The van der Waals surface area contributed by atoms with Gasteiger partial charge in [0.25, 0.3) is 0 Å². The van der Waals surface area contributed by atoms with E-state index in [0.717, 1.165) is 52.4 Å². The Kier molecular flexibility index (Phi) is 5.33. The number of morpholine rings is 1. The first-order valence-corrected chi connectivity index (χ1v) is 8.72. The van der Waals surface area contributed by atoms with E-state index in [9.17, 15) is 4.79 Å². The Morgan fingerprint density at radius 2 is 1.82 bits per heavy atom. The first kappa shape index (κ1) is 16.2. The van der Waals surface area contributed by atoms with Crippen molar-refractivity contribution in [1.82, 2.24) is 20.0 Å². The lowest BCUT2D eigenvalue weighted by Crippen LogP contribution is -2.55. The highest BCUT2D eigenvalue weighted by atomic mass is 16.5. The van der Waals surface area contributed by atoms with Crippen LogP contribution >= 0.6 is 0 Å². The Labute approximate surface area is 133 Å². The third kappa shape index (κ3) is 3.98. The van der Waals surface area contributed by atoms with Gasteiger partial charge < -0.3 is 15.0 Å². The van der Waals surface area contributed by atoms with Gasteiger partial charge in [0.2, 0.25) is 5.91 Å². The second kappa shape index (κ2) is 7.25. The van der Waals surface area contributed by atoms with E-state index < -0.39 is 0 Å². The molecule has 1 amide bonds. The quantitative estimate of drug-likeness (QED) is 0.769. The molecule has 3 aliphatic heterocycles. The standard InChI is InChI=1S/C16H30N4O2/c1-13-10-20(11-14(2)22-13)16(21)12-18-5-7-19(8-6-18)15-3-4-17-9-15/h13-15,17H,3-12H2,1-2H3. The maximum atomic E-state index is 12.5. The average molecular weight is 310 g/mol. The fourth-order valence-electron chi connectivity index (χ4n) is 3.91. The van der Waals surface area contributed by atoms with Crippen LogP contribution in [0.1, 0.15) is 20.3 Å². The summed E-state index contributed by atoms with van der Waals surface area (Å²) in [4.78, 5) is 19.4. The molecule has 0 aromatic rings. The smallest absolute Gasteiger partial charge is 0.236 e. The van der Waals surface area contributed by atoms with Gasteiger partial charge in [-0.05, 0) is 26.8 Å². The van der Waals surface area contributed by atoms with Crippen molar-refractivity contribution >= 4 is 5.91 Å².